The van der Waals surface area contributed by atoms with Gasteiger partial charge in [-0.15, -0.1) is 0 Å². The van der Waals surface area contributed by atoms with Crippen LogP contribution in [0, 0.1) is 0 Å². The highest BCUT2D eigenvalue weighted by atomic mass is 16.5. The minimum atomic E-state index is -0.0460. The van der Waals surface area contributed by atoms with Crippen LogP contribution in [-0.4, -0.2) is 42.8 Å². The molecule has 84 valence electrons. The number of hydrogen-bond donors (Lipinski definition) is 1. The predicted molar refractivity (Wildman–Crippen MR) is 59.4 cm³/mol. The molecule has 0 bridgehead atoms. The van der Waals surface area contributed by atoms with Gasteiger partial charge >= 0.3 is 0 Å². The fourth-order valence-corrected chi connectivity index (χ4v) is 1.79. The smallest absolute Gasteiger partial charge is 0.0700 e. The summed E-state index contributed by atoms with van der Waals surface area (Å²) in [4.78, 5) is 2.43. The van der Waals surface area contributed by atoms with Crippen molar-refractivity contribution in [1.82, 2.24) is 4.90 Å². The molecule has 3 nitrogen and oxygen atoms in total. The standard InChI is InChI=1S/C11H24N2O/c1-4-10-8-13(6-7-14-10)9-11(3,12)5-2/h10H,4-9,12H2,1-3H3. The molecule has 0 radical (unpaired) electrons. The fraction of sp³-hybridized carbons (Fsp3) is 1.00. The van der Waals surface area contributed by atoms with Crippen LogP contribution in [0.3, 0.4) is 0 Å². The first-order chi connectivity index (χ1) is 6.57. The number of nitrogens with zero attached hydrogens (tertiary/aromatic N) is 1. The molecule has 3 heteroatoms. The molecule has 0 aromatic carbocycles. The molecule has 1 aliphatic heterocycles. The molecule has 0 spiro atoms. The van der Waals surface area contributed by atoms with E-state index < -0.39 is 0 Å². The molecule has 0 aliphatic carbocycles. The van der Waals surface area contributed by atoms with E-state index in [9.17, 15) is 0 Å². The molecule has 0 aromatic heterocycles. The molecule has 1 heterocycles. The zero-order valence-corrected chi connectivity index (χ0v) is 9.75. The molecule has 1 saturated heterocycles. The van der Waals surface area contributed by atoms with E-state index in [0.29, 0.717) is 6.10 Å². The third-order valence-electron chi connectivity index (χ3n) is 3.07. The first kappa shape index (κ1) is 12.0. The van der Waals surface area contributed by atoms with E-state index >= 15 is 0 Å². The molecule has 1 aliphatic rings. The van der Waals surface area contributed by atoms with Gasteiger partial charge in [-0.1, -0.05) is 13.8 Å². The highest BCUT2D eigenvalue weighted by molar-refractivity contribution is 4.83. The van der Waals surface area contributed by atoms with Crippen LogP contribution >= 0.6 is 0 Å². The summed E-state index contributed by atoms with van der Waals surface area (Å²) in [5, 5.41) is 0. The summed E-state index contributed by atoms with van der Waals surface area (Å²) in [6, 6.07) is 0. The third kappa shape index (κ3) is 3.56. The van der Waals surface area contributed by atoms with Crippen LogP contribution in [0.25, 0.3) is 0 Å². The Bertz CT molecular complexity index is 171. The molecule has 2 unspecified atom stereocenters. The molecule has 0 amide bonds. The summed E-state index contributed by atoms with van der Waals surface area (Å²) >= 11 is 0. The SMILES string of the molecule is CCC1CN(CC(C)(N)CC)CCO1. The lowest BCUT2D eigenvalue weighted by atomic mass is 9.99. The average molecular weight is 200 g/mol. The van der Waals surface area contributed by atoms with Crippen molar-refractivity contribution < 1.29 is 4.74 Å². The van der Waals surface area contributed by atoms with Crippen LogP contribution < -0.4 is 5.73 Å². The van der Waals surface area contributed by atoms with Crippen molar-refractivity contribution >= 4 is 0 Å². The largest absolute Gasteiger partial charge is 0.376 e. The van der Waals surface area contributed by atoms with E-state index in [1.165, 1.54) is 0 Å². The Morgan fingerprint density at radius 2 is 2.21 bits per heavy atom. The van der Waals surface area contributed by atoms with Crippen molar-refractivity contribution in [2.24, 2.45) is 5.73 Å². The number of rotatable bonds is 4. The number of ether oxygens (including phenoxy) is 1. The van der Waals surface area contributed by atoms with Crippen LogP contribution in [0.1, 0.15) is 33.6 Å². The molecule has 14 heavy (non-hydrogen) atoms. The van der Waals surface area contributed by atoms with Gasteiger partial charge in [0, 0.05) is 25.2 Å². The van der Waals surface area contributed by atoms with Gasteiger partial charge in [0.25, 0.3) is 0 Å². The van der Waals surface area contributed by atoms with E-state index in [-0.39, 0.29) is 5.54 Å². The Morgan fingerprint density at radius 3 is 2.79 bits per heavy atom. The Labute approximate surface area is 87.6 Å². The Morgan fingerprint density at radius 1 is 1.50 bits per heavy atom. The highest BCUT2D eigenvalue weighted by Gasteiger charge is 2.24. The summed E-state index contributed by atoms with van der Waals surface area (Å²) < 4.78 is 5.62. The van der Waals surface area contributed by atoms with E-state index in [1.807, 2.05) is 0 Å². The molecule has 0 aromatic rings. The second-order valence-corrected chi connectivity index (χ2v) is 4.64. The van der Waals surface area contributed by atoms with Crippen LogP contribution in [0.2, 0.25) is 0 Å². The second-order valence-electron chi connectivity index (χ2n) is 4.64. The normalized spacial score (nSPS) is 28.7. The van der Waals surface area contributed by atoms with E-state index in [4.69, 9.17) is 10.5 Å². The van der Waals surface area contributed by atoms with Gasteiger partial charge in [0.2, 0.25) is 0 Å². The molecule has 0 saturated carbocycles. The lowest BCUT2D eigenvalue weighted by Crippen LogP contribution is -2.52. The Kier molecular flexibility index (Phi) is 4.35. The highest BCUT2D eigenvalue weighted by Crippen LogP contribution is 2.13. The molecule has 2 atom stereocenters. The summed E-state index contributed by atoms with van der Waals surface area (Å²) in [7, 11) is 0. The van der Waals surface area contributed by atoms with Gasteiger partial charge in [0.15, 0.2) is 0 Å². The van der Waals surface area contributed by atoms with Gasteiger partial charge < -0.3 is 10.5 Å². The number of morpholine rings is 1. The molecule has 2 N–H and O–H groups in total. The fourth-order valence-electron chi connectivity index (χ4n) is 1.79. The van der Waals surface area contributed by atoms with Gasteiger partial charge in [0.1, 0.15) is 0 Å². The van der Waals surface area contributed by atoms with Crippen molar-refractivity contribution in [2.45, 2.75) is 45.3 Å². The zero-order valence-electron chi connectivity index (χ0n) is 9.75. The van der Waals surface area contributed by atoms with Gasteiger partial charge in [-0.3, -0.25) is 4.90 Å². The predicted octanol–water partition coefficient (Wildman–Crippen LogP) is 1.22. The topological polar surface area (TPSA) is 38.5 Å². The van der Waals surface area contributed by atoms with Gasteiger partial charge in [0.05, 0.1) is 12.7 Å². The van der Waals surface area contributed by atoms with Crippen LogP contribution in [-0.2, 0) is 4.74 Å². The lowest BCUT2D eigenvalue weighted by molar-refractivity contribution is -0.0351. The van der Waals surface area contributed by atoms with Gasteiger partial charge in [-0.25, -0.2) is 0 Å². The maximum absolute atomic E-state index is 6.15. The average Bonchev–Trinajstić information content (AvgIpc) is 2.17. The van der Waals surface area contributed by atoms with Crippen molar-refractivity contribution in [2.75, 3.05) is 26.2 Å². The first-order valence-corrected chi connectivity index (χ1v) is 5.70. The minimum Gasteiger partial charge on any atom is -0.376 e. The van der Waals surface area contributed by atoms with Gasteiger partial charge in [-0.05, 0) is 19.8 Å². The quantitative estimate of drug-likeness (QED) is 0.741. The van der Waals surface area contributed by atoms with Gasteiger partial charge in [-0.2, -0.15) is 0 Å². The molecule has 1 fully saturated rings. The summed E-state index contributed by atoms with van der Waals surface area (Å²) in [6.45, 7) is 10.4. The third-order valence-corrected chi connectivity index (χ3v) is 3.07. The van der Waals surface area contributed by atoms with Crippen LogP contribution in [0.4, 0.5) is 0 Å². The van der Waals surface area contributed by atoms with Crippen LogP contribution in [0.5, 0.6) is 0 Å². The molecular weight excluding hydrogens is 176 g/mol. The maximum atomic E-state index is 6.15. The van der Waals surface area contributed by atoms with E-state index in [2.05, 4.69) is 25.7 Å². The van der Waals surface area contributed by atoms with Crippen molar-refractivity contribution in [3.63, 3.8) is 0 Å². The van der Waals surface area contributed by atoms with E-state index in [1.54, 1.807) is 0 Å². The maximum Gasteiger partial charge on any atom is 0.0700 e. The van der Waals surface area contributed by atoms with Crippen LogP contribution in [0.15, 0.2) is 0 Å². The minimum absolute atomic E-state index is 0.0460. The second kappa shape index (κ2) is 5.10. The summed E-state index contributed by atoms with van der Waals surface area (Å²) in [5.41, 5.74) is 6.11. The monoisotopic (exact) mass is 200 g/mol. The van der Waals surface area contributed by atoms with Crippen molar-refractivity contribution in [1.29, 1.82) is 0 Å². The first-order valence-electron chi connectivity index (χ1n) is 5.70. The summed E-state index contributed by atoms with van der Waals surface area (Å²) in [5.74, 6) is 0. The zero-order chi connectivity index (χ0) is 10.6. The molecular formula is C11H24N2O. The summed E-state index contributed by atoms with van der Waals surface area (Å²) in [6.07, 6.45) is 2.54. The van der Waals surface area contributed by atoms with E-state index in [0.717, 1.165) is 39.1 Å². The van der Waals surface area contributed by atoms with Crippen molar-refractivity contribution in [3.8, 4) is 0 Å². The Hall–Kier alpha value is -0.120. The number of hydrogen-bond acceptors (Lipinski definition) is 3. The lowest BCUT2D eigenvalue weighted by Gasteiger charge is -2.37. The number of nitrogens with two attached hydrogens (primary N) is 1. The van der Waals surface area contributed by atoms with Crippen molar-refractivity contribution in [3.05, 3.63) is 0 Å². The molecule has 1 rings (SSSR count). The Balaban J connectivity index is 2.37.